The van der Waals surface area contributed by atoms with Gasteiger partial charge < -0.3 is 9.47 Å². The average Bonchev–Trinajstić information content (AvgIpc) is 2.16. The van der Waals surface area contributed by atoms with Crippen molar-refractivity contribution in [2.75, 3.05) is 32.8 Å². The molecule has 0 saturated carbocycles. The summed E-state index contributed by atoms with van der Waals surface area (Å²) in [5, 5.41) is 0. The van der Waals surface area contributed by atoms with Crippen LogP contribution in [0.3, 0.4) is 0 Å². The summed E-state index contributed by atoms with van der Waals surface area (Å²) in [7, 11) is 1.71. The molecule has 0 radical (unpaired) electrons. The maximum Gasteiger partial charge on any atom is 0.0487 e. The molecule has 0 aliphatic carbocycles. The Morgan fingerprint density at radius 1 is 1.14 bits per heavy atom. The van der Waals surface area contributed by atoms with Gasteiger partial charge >= 0.3 is 0 Å². The molecule has 0 spiro atoms. The molecule has 0 saturated heterocycles. The lowest BCUT2D eigenvalue weighted by Crippen LogP contribution is -2.14. The van der Waals surface area contributed by atoms with Crippen molar-refractivity contribution in [1.29, 1.82) is 0 Å². The Morgan fingerprint density at radius 2 is 1.86 bits per heavy atom. The lowest BCUT2D eigenvalue weighted by molar-refractivity contribution is 0.0915. The van der Waals surface area contributed by atoms with E-state index in [0.717, 1.165) is 38.5 Å². The second kappa shape index (κ2) is 9.75. The van der Waals surface area contributed by atoms with Crippen molar-refractivity contribution in [3.8, 4) is 0 Å². The van der Waals surface area contributed by atoms with E-state index in [9.17, 15) is 0 Å². The molecule has 14 heavy (non-hydrogen) atoms. The van der Waals surface area contributed by atoms with Crippen LogP contribution in [-0.2, 0) is 9.47 Å². The second-order valence-corrected chi connectivity index (χ2v) is 4.21. The van der Waals surface area contributed by atoms with Gasteiger partial charge in [0.05, 0.1) is 0 Å². The van der Waals surface area contributed by atoms with Crippen molar-refractivity contribution in [2.45, 2.75) is 26.7 Å². The molecule has 0 heterocycles. The summed E-state index contributed by atoms with van der Waals surface area (Å²) in [6.45, 7) is 6.80. The third kappa shape index (κ3) is 7.60. The SMILES string of the molecule is COCCCOCCC(CCl)C(C)C. The Balaban J connectivity index is 3.25. The maximum absolute atomic E-state index is 5.85. The molecule has 0 aliphatic rings. The fraction of sp³-hybridized carbons (Fsp3) is 1.00. The Labute approximate surface area is 92.9 Å². The predicted molar refractivity (Wildman–Crippen MR) is 61.0 cm³/mol. The molecule has 2 nitrogen and oxygen atoms in total. The molecular weight excluding hydrogens is 200 g/mol. The zero-order chi connectivity index (χ0) is 10.8. The number of alkyl halides is 1. The van der Waals surface area contributed by atoms with Crippen molar-refractivity contribution in [3.63, 3.8) is 0 Å². The number of hydrogen-bond donors (Lipinski definition) is 0. The number of hydrogen-bond acceptors (Lipinski definition) is 2. The van der Waals surface area contributed by atoms with Gasteiger partial charge in [0, 0.05) is 32.8 Å². The molecule has 0 fully saturated rings. The van der Waals surface area contributed by atoms with Crippen LogP contribution in [0.2, 0.25) is 0 Å². The predicted octanol–water partition coefficient (Wildman–Crippen LogP) is 2.94. The van der Waals surface area contributed by atoms with E-state index in [1.54, 1.807) is 7.11 Å². The molecular formula is C11H23ClO2. The van der Waals surface area contributed by atoms with E-state index in [4.69, 9.17) is 21.1 Å². The van der Waals surface area contributed by atoms with Gasteiger partial charge in [0.25, 0.3) is 0 Å². The molecule has 0 bridgehead atoms. The van der Waals surface area contributed by atoms with Crippen molar-refractivity contribution < 1.29 is 9.47 Å². The van der Waals surface area contributed by atoms with Gasteiger partial charge in [-0.15, -0.1) is 11.6 Å². The summed E-state index contributed by atoms with van der Waals surface area (Å²) in [6.07, 6.45) is 2.04. The number of halogens is 1. The first kappa shape index (κ1) is 14.2. The summed E-state index contributed by atoms with van der Waals surface area (Å²) in [4.78, 5) is 0. The average molecular weight is 223 g/mol. The highest BCUT2D eigenvalue weighted by Gasteiger charge is 2.11. The van der Waals surface area contributed by atoms with E-state index in [1.807, 2.05) is 0 Å². The van der Waals surface area contributed by atoms with Crippen LogP contribution < -0.4 is 0 Å². The zero-order valence-electron chi connectivity index (χ0n) is 9.59. The van der Waals surface area contributed by atoms with Crippen molar-refractivity contribution in [3.05, 3.63) is 0 Å². The summed E-state index contributed by atoms with van der Waals surface area (Å²) >= 11 is 5.85. The van der Waals surface area contributed by atoms with Crippen LogP contribution in [0.25, 0.3) is 0 Å². The molecule has 0 N–H and O–H groups in total. The monoisotopic (exact) mass is 222 g/mol. The highest BCUT2D eigenvalue weighted by atomic mass is 35.5. The third-order valence-electron chi connectivity index (χ3n) is 2.41. The first-order valence-corrected chi connectivity index (χ1v) is 5.88. The first-order chi connectivity index (χ1) is 6.72. The summed E-state index contributed by atoms with van der Waals surface area (Å²) in [5.41, 5.74) is 0. The van der Waals surface area contributed by atoms with Crippen LogP contribution in [0.15, 0.2) is 0 Å². The third-order valence-corrected chi connectivity index (χ3v) is 2.81. The summed E-state index contributed by atoms with van der Waals surface area (Å²) in [6, 6.07) is 0. The number of rotatable bonds is 9. The van der Waals surface area contributed by atoms with Gasteiger partial charge in [-0.3, -0.25) is 0 Å². The maximum atomic E-state index is 5.85. The fourth-order valence-corrected chi connectivity index (χ4v) is 1.74. The van der Waals surface area contributed by atoms with Crippen LogP contribution in [0.4, 0.5) is 0 Å². The van der Waals surface area contributed by atoms with Crippen LogP contribution in [0.1, 0.15) is 26.7 Å². The zero-order valence-corrected chi connectivity index (χ0v) is 10.3. The van der Waals surface area contributed by atoms with E-state index in [2.05, 4.69) is 13.8 Å². The van der Waals surface area contributed by atoms with Gasteiger partial charge in [-0.05, 0) is 24.7 Å². The van der Waals surface area contributed by atoms with Crippen LogP contribution in [0.5, 0.6) is 0 Å². The molecule has 86 valence electrons. The normalized spacial score (nSPS) is 13.5. The summed E-state index contributed by atoms with van der Waals surface area (Å²) in [5.74, 6) is 1.97. The molecule has 0 aromatic rings. The van der Waals surface area contributed by atoms with Crippen LogP contribution >= 0.6 is 11.6 Å². The summed E-state index contributed by atoms with van der Waals surface area (Å²) < 4.78 is 10.4. The van der Waals surface area contributed by atoms with E-state index < -0.39 is 0 Å². The van der Waals surface area contributed by atoms with E-state index in [-0.39, 0.29) is 0 Å². The minimum atomic E-state index is 0.582. The smallest absolute Gasteiger partial charge is 0.0487 e. The second-order valence-electron chi connectivity index (χ2n) is 3.91. The van der Waals surface area contributed by atoms with Crippen LogP contribution in [-0.4, -0.2) is 32.8 Å². The number of ether oxygens (including phenoxy) is 2. The van der Waals surface area contributed by atoms with Gasteiger partial charge in [0.2, 0.25) is 0 Å². The molecule has 0 rings (SSSR count). The molecule has 1 unspecified atom stereocenters. The molecule has 0 aromatic carbocycles. The van der Waals surface area contributed by atoms with Gasteiger partial charge in [0.1, 0.15) is 0 Å². The van der Waals surface area contributed by atoms with E-state index >= 15 is 0 Å². The standard InChI is InChI=1S/C11H23ClO2/c1-10(2)11(9-12)5-8-14-7-4-6-13-3/h10-11H,4-9H2,1-3H3. The lowest BCUT2D eigenvalue weighted by Gasteiger charge is -2.17. The van der Waals surface area contributed by atoms with Gasteiger partial charge in [-0.25, -0.2) is 0 Å². The van der Waals surface area contributed by atoms with E-state index in [1.165, 1.54) is 0 Å². The quantitative estimate of drug-likeness (QED) is 0.441. The largest absolute Gasteiger partial charge is 0.385 e. The Kier molecular flexibility index (Phi) is 9.90. The van der Waals surface area contributed by atoms with Gasteiger partial charge in [-0.2, -0.15) is 0 Å². The molecule has 0 aromatic heterocycles. The highest BCUT2D eigenvalue weighted by molar-refractivity contribution is 6.18. The van der Waals surface area contributed by atoms with Crippen molar-refractivity contribution >= 4 is 11.6 Å². The molecule has 0 amide bonds. The number of methoxy groups -OCH3 is 1. The van der Waals surface area contributed by atoms with Gasteiger partial charge in [0.15, 0.2) is 0 Å². The Hall–Kier alpha value is 0.210. The minimum Gasteiger partial charge on any atom is -0.385 e. The van der Waals surface area contributed by atoms with Gasteiger partial charge in [-0.1, -0.05) is 13.8 Å². The molecule has 1 atom stereocenters. The Morgan fingerprint density at radius 3 is 2.36 bits per heavy atom. The van der Waals surface area contributed by atoms with E-state index in [0.29, 0.717) is 11.8 Å². The molecule has 3 heteroatoms. The topological polar surface area (TPSA) is 18.5 Å². The first-order valence-electron chi connectivity index (χ1n) is 5.35. The molecule has 0 aliphatic heterocycles. The van der Waals surface area contributed by atoms with Crippen molar-refractivity contribution in [2.24, 2.45) is 11.8 Å². The fourth-order valence-electron chi connectivity index (χ4n) is 1.23. The minimum absolute atomic E-state index is 0.582. The van der Waals surface area contributed by atoms with Crippen LogP contribution in [0, 0.1) is 11.8 Å². The van der Waals surface area contributed by atoms with Crippen molar-refractivity contribution in [1.82, 2.24) is 0 Å². The Bertz CT molecular complexity index is 118. The lowest BCUT2D eigenvalue weighted by atomic mass is 9.95. The highest BCUT2D eigenvalue weighted by Crippen LogP contribution is 2.16.